The smallest absolute Gasteiger partial charge is 0.313 e. The number of hydrogen-bond acceptors (Lipinski definition) is 4. The van der Waals surface area contributed by atoms with Gasteiger partial charge in [-0.15, -0.1) is 0 Å². The first-order chi connectivity index (χ1) is 8.60. The molecule has 1 atom stereocenters. The Morgan fingerprint density at radius 1 is 1.39 bits per heavy atom. The van der Waals surface area contributed by atoms with Crippen LogP contribution in [0.25, 0.3) is 0 Å². The summed E-state index contributed by atoms with van der Waals surface area (Å²) >= 11 is 0. The van der Waals surface area contributed by atoms with Crippen molar-refractivity contribution in [1.29, 1.82) is 0 Å². The monoisotopic (exact) mass is 257 g/mol. The molecule has 1 fully saturated rings. The molecule has 0 radical (unpaired) electrons. The first kappa shape index (κ1) is 15.4. The summed E-state index contributed by atoms with van der Waals surface area (Å²) in [6.07, 6.45) is 2.82. The van der Waals surface area contributed by atoms with Crippen LogP contribution in [0, 0.1) is 11.3 Å². The minimum atomic E-state index is -0.285. The third-order valence-electron chi connectivity index (χ3n) is 3.32. The number of ether oxygens (including phenoxy) is 2. The van der Waals surface area contributed by atoms with Gasteiger partial charge in [0, 0.05) is 13.2 Å². The predicted octanol–water partition coefficient (Wildman–Crippen LogP) is 1.98. The Bertz CT molecular complexity index is 247. The normalized spacial score (nSPS) is 23.6. The van der Waals surface area contributed by atoms with Crippen molar-refractivity contribution >= 4 is 5.97 Å². The topological polar surface area (TPSA) is 47.6 Å². The predicted molar refractivity (Wildman–Crippen MR) is 71.4 cm³/mol. The molecule has 0 aromatic carbocycles. The van der Waals surface area contributed by atoms with Gasteiger partial charge in [0.2, 0.25) is 0 Å². The van der Waals surface area contributed by atoms with Crippen molar-refractivity contribution in [3.05, 3.63) is 0 Å². The van der Waals surface area contributed by atoms with Gasteiger partial charge >= 0.3 is 5.97 Å². The van der Waals surface area contributed by atoms with Crippen LogP contribution in [0.3, 0.4) is 0 Å². The molecule has 0 spiro atoms. The zero-order valence-corrected chi connectivity index (χ0v) is 12.0. The molecule has 1 aliphatic rings. The Labute approximate surface area is 110 Å². The van der Waals surface area contributed by atoms with Crippen LogP contribution in [0.2, 0.25) is 0 Å². The van der Waals surface area contributed by atoms with Crippen LogP contribution < -0.4 is 5.32 Å². The molecule has 0 amide bonds. The molecule has 1 N–H and O–H groups in total. The van der Waals surface area contributed by atoms with Gasteiger partial charge in [-0.1, -0.05) is 27.2 Å². The highest BCUT2D eigenvalue weighted by molar-refractivity contribution is 5.77. The maximum absolute atomic E-state index is 12.1. The van der Waals surface area contributed by atoms with Crippen LogP contribution in [0.15, 0.2) is 0 Å². The number of rotatable bonds is 8. The second-order valence-electron chi connectivity index (χ2n) is 5.56. The molecule has 4 nitrogen and oxygen atoms in total. The van der Waals surface area contributed by atoms with E-state index in [0.717, 1.165) is 39.0 Å². The summed E-state index contributed by atoms with van der Waals surface area (Å²) in [6.45, 7) is 9.58. The van der Waals surface area contributed by atoms with E-state index in [-0.39, 0.29) is 11.4 Å². The van der Waals surface area contributed by atoms with Crippen LogP contribution in [-0.2, 0) is 14.3 Å². The van der Waals surface area contributed by atoms with Crippen molar-refractivity contribution in [1.82, 2.24) is 5.32 Å². The van der Waals surface area contributed by atoms with Gasteiger partial charge < -0.3 is 14.8 Å². The maximum Gasteiger partial charge on any atom is 0.313 e. The molecular formula is C14H27NO3. The van der Waals surface area contributed by atoms with Gasteiger partial charge in [0.05, 0.1) is 12.0 Å². The van der Waals surface area contributed by atoms with Crippen LogP contribution in [0.5, 0.6) is 0 Å². The average molecular weight is 257 g/mol. The zero-order valence-electron chi connectivity index (χ0n) is 12.0. The first-order valence-electron chi connectivity index (χ1n) is 7.06. The molecule has 0 aromatic heterocycles. The Balaban J connectivity index is 2.25. The standard InChI is InChI=1S/C14H27NO3/c1-4-5-14(6-7-15-11-14)13(16)18-9-8-17-10-12(2)3/h12,15H,4-11H2,1-3H3. The summed E-state index contributed by atoms with van der Waals surface area (Å²) in [6, 6.07) is 0. The molecule has 18 heavy (non-hydrogen) atoms. The molecule has 1 heterocycles. The lowest BCUT2D eigenvalue weighted by atomic mass is 9.83. The fourth-order valence-corrected chi connectivity index (χ4v) is 2.38. The third kappa shape index (κ3) is 4.58. The molecule has 1 saturated heterocycles. The lowest BCUT2D eigenvalue weighted by Gasteiger charge is -2.25. The summed E-state index contributed by atoms with van der Waals surface area (Å²) in [5.41, 5.74) is -0.285. The largest absolute Gasteiger partial charge is 0.463 e. The lowest BCUT2D eigenvalue weighted by Crippen LogP contribution is -2.35. The van der Waals surface area contributed by atoms with Gasteiger partial charge in [0.1, 0.15) is 6.61 Å². The molecule has 0 bridgehead atoms. The van der Waals surface area contributed by atoms with E-state index in [1.54, 1.807) is 0 Å². The fourth-order valence-electron chi connectivity index (χ4n) is 2.38. The Hall–Kier alpha value is -0.610. The van der Waals surface area contributed by atoms with E-state index in [0.29, 0.717) is 19.1 Å². The van der Waals surface area contributed by atoms with E-state index < -0.39 is 0 Å². The Morgan fingerprint density at radius 2 is 2.17 bits per heavy atom. The molecule has 106 valence electrons. The summed E-state index contributed by atoms with van der Waals surface area (Å²) in [7, 11) is 0. The van der Waals surface area contributed by atoms with Gasteiger partial charge in [-0.2, -0.15) is 0 Å². The van der Waals surface area contributed by atoms with Crippen LogP contribution >= 0.6 is 0 Å². The van der Waals surface area contributed by atoms with Gasteiger partial charge in [-0.3, -0.25) is 4.79 Å². The van der Waals surface area contributed by atoms with Crippen molar-refractivity contribution in [3.8, 4) is 0 Å². The molecule has 0 aliphatic carbocycles. The van der Waals surface area contributed by atoms with Crippen molar-refractivity contribution in [2.24, 2.45) is 11.3 Å². The van der Waals surface area contributed by atoms with Crippen LogP contribution in [-0.4, -0.2) is 38.9 Å². The van der Waals surface area contributed by atoms with E-state index in [1.165, 1.54) is 0 Å². The Kier molecular flexibility index (Phi) is 6.65. The number of carbonyl (C=O) groups excluding carboxylic acids is 1. The second-order valence-corrected chi connectivity index (χ2v) is 5.56. The number of esters is 1. The van der Waals surface area contributed by atoms with Gasteiger partial charge in [0.15, 0.2) is 0 Å². The van der Waals surface area contributed by atoms with Crippen molar-refractivity contribution in [2.45, 2.75) is 40.0 Å². The highest BCUT2D eigenvalue weighted by Gasteiger charge is 2.41. The van der Waals surface area contributed by atoms with E-state index >= 15 is 0 Å². The highest BCUT2D eigenvalue weighted by Crippen LogP contribution is 2.32. The van der Waals surface area contributed by atoms with Crippen molar-refractivity contribution in [2.75, 3.05) is 32.9 Å². The fraction of sp³-hybridized carbons (Fsp3) is 0.929. The van der Waals surface area contributed by atoms with E-state index in [4.69, 9.17) is 9.47 Å². The van der Waals surface area contributed by atoms with E-state index in [1.807, 2.05) is 0 Å². The maximum atomic E-state index is 12.1. The minimum absolute atomic E-state index is 0.0532. The summed E-state index contributed by atoms with van der Waals surface area (Å²) in [5, 5.41) is 3.26. The van der Waals surface area contributed by atoms with Gasteiger partial charge in [-0.25, -0.2) is 0 Å². The first-order valence-corrected chi connectivity index (χ1v) is 7.06. The quantitative estimate of drug-likeness (QED) is 0.533. The highest BCUT2D eigenvalue weighted by atomic mass is 16.6. The number of hydrogen-bond donors (Lipinski definition) is 1. The van der Waals surface area contributed by atoms with E-state index in [9.17, 15) is 4.79 Å². The summed E-state index contributed by atoms with van der Waals surface area (Å²) in [5.74, 6) is 0.466. The molecule has 1 aliphatic heterocycles. The lowest BCUT2D eigenvalue weighted by molar-refractivity contribution is -0.157. The second kappa shape index (κ2) is 7.74. The minimum Gasteiger partial charge on any atom is -0.463 e. The molecule has 0 aromatic rings. The molecule has 0 saturated carbocycles. The van der Waals surface area contributed by atoms with Crippen LogP contribution in [0.1, 0.15) is 40.0 Å². The van der Waals surface area contributed by atoms with Crippen molar-refractivity contribution in [3.63, 3.8) is 0 Å². The van der Waals surface area contributed by atoms with Gasteiger partial charge in [-0.05, 0) is 25.3 Å². The SMILES string of the molecule is CCCC1(C(=O)OCCOCC(C)C)CCNC1. The van der Waals surface area contributed by atoms with Crippen LogP contribution in [0.4, 0.5) is 0 Å². The molecule has 4 heteroatoms. The average Bonchev–Trinajstić information content (AvgIpc) is 2.78. The van der Waals surface area contributed by atoms with Crippen molar-refractivity contribution < 1.29 is 14.3 Å². The zero-order chi connectivity index (χ0) is 13.4. The number of nitrogens with one attached hydrogen (secondary N) is 1. The van der Waals surface area contributed by atoms with E-state index in [2.05, 4.69) is 26.1 Å². The van der Waals surface area contributed by atoms with Gasteiger partial charge in [0.25, 0.3) is 0 Å². The third-order valence-corrected chi connectivity index (χ3v) is 3.32. The Morgan fingerprint density at radius 3 is 2.72 bits per heavy atom. The number of carbonyl (C=O) groups is 1. The summed E-state index contributed by atoms with van der Waals surface area (Å²) in [4.78, 5) is 12.1. The molecule has 1 unspecified atom stereocenters. The summed E-state index contributed by atoms with van der Waals surface area (Å²) < 4.78 is 10.8. The molecular weight excluding hydrogens is 230 g/mol. The molecule has 1 rings (SSSR count).